The van der Waals surface area contributed by atoms with Crippen molar-refractivity contribution in [3.63, 3.8) is 0 Å². The molecule has 5 heteroatoms. The molecule has 0 spiro atoms. The Morgan fingerprint density at radius 1 is 1.30 bits per heavy atom. The Morgan fingerprint density at radius 3 is 2.90 bits per heavy atom. The van der Waals surface area contributed by atoms with Gasteiger partial charge in [0.25, 0.3) is 0 Å². The third-order valence-electron chi connectivity index (χ3n) is 3.77. The Balaban J connectivity index is 1.65. The van der Waals surface area contributed by atoms with Gasteiger partial charge in [0.05, 0.1) is 33.5 Å². The van der Waals surface area contributed by atoms with E-state index >= 15 is 0 Å². The van der Waals surface area contributed by atoms with Crippen molar-refractivity contribution in [3.8, 4) is 0 Å². The highest BCUT2D eigenvalue weighted by atomic mass is 79.9. The van der Waals surface area contributed by atoms with Gasteiger partial charge >= 0.3 is 0 Å². The SMILES string of the molecule is Clc1cccc(NCc2ccn(C3CCCC3)n2)c1Br. The largest absolute Gasteiger partial charge is 0.378 e. The summed E-state index contributed by atoms with van der Waals surface area (Å²) in [6, 6.07) is 8.49. The van der Waals surface area contributed by atoms with Crippen LogP contribution in [-0.4, -0.2) is 9.78 Å². The summed E-state index contributed by atoms with van der Waals surface area (Å²) in [6.07, 6.45) is 7.27. The van der Waals surface area contributed by atoms with Gasteiger partial charge in [-0.1, -0.05) is 30.5 Å². The van der Waals surface area contributed by atoms with Crippen molar-refractivity contribution < 1.29 is 0 Å². The first kappa shape index (κ1) is 14.0. The zero-order valence-electron chi connectivity index (χ0n) is 11.1. The van der Waals surface area contributed by atoms with Gasteiger partial charge in [0, 0.05) is 6.20 Å². The van der Waals surface area contributed by atoms with Crippen LogP contribution in [0, 0.1) is 0 Å². The van der Waals surface area contributed by atoms with E-state index in [2.05, 4.69) is 43.3 Å². The number of hydrogen-bond acceptors (Lipinski definition) is 2. The standard InChI is InChI=1S/C15H17BrClN3/c16-15-13(17)6-3-7-14(15)18-10-11-8-9-20(19-11)12-4-1-2-5-12/h3,6-9,12,18H,1-2,4-5,10H2. The first-order valence-electron chi connectivity index (χ1n) is 6.96. The number of nitrogens with one attached hydrogen (secondary N) is 1. The molecule has 3 rings (SSSR count). The number of anilines is 1. The molecule has 0 amide bonds. The number of rotatable bonds is 4. The molecule has 0 saturated heterocycles. The Hall–Kier alpha value is -1.00. The van der Waals surface area contributed by atoms with E-state index in [1.54, 1.807) is 0 Å². The van der Waals surface area contributed by atoms with E-state index < -0.39 is 0 Å². The molecule has 0 aliphatic heterocycles. The molecule has 1 aliphatic carbocycles. The van der Waals surface area contributed by atoms with E-state index in [9.17, 15) is 0 Å². The lowest BCUT2D eigenvalue weighted by molar-refractivity contribution is 0.463. The highest BCUT2D eigenvalue weighted by Gasteiger charge is 2.17. The second-order valence-corrected chi connectivity index (χ2v) is 6.38. The maximum Gasteiger partial charge on any atom is 0.0815 e. The number of halogens is 2. The summed E-state index contributed by atoms with van der Waals surface area (Å²) in [4.78, 5) is 0. The van der Waals surface area contributed by atoms with E-state index in [1.165, 1.54) is 25.7 Å². The van der Waals surface area contributed by atoms with E-state index in [1.807, 2.05) is 18.2 Å². The summed E-state index contributed by atoms with van der Waals surface area (Å²) in [7, 11) is 0. The maximum atomic E-state index is 6.08. The quantitative estimate of drug-likeness (QED) is 0.835. The predicted molar refractivity (Wildman–Crippen MR) is 86.2 cm³/mol. The predicted octanol–water partition coefficient (Wildman–Crippen LogP) is 5.03. The molecule has 0 bridgehead atoms. The van der Waals surface area contributed by atoms with Gasteiger partial charge in [-0.05, 0) is 47.0 Å². The van der Waals surface area contributed by atoms with Crippen LogP contribution in [-0.2, 0) is 6.54 Å². The van der Waals surface area contributed by atoms with Gasteiger partial charge in [0.2, 0.25) is 0 Å². The Labute approximate surface area is 132 Å². The molecule has 20 heavy (non-hydrogen) atoms. The summed E-state index contributed by atoms with van der Waals surface area (Å²) in [5.41, 5.74) is 2.05. The van der Waals surface area contributed by atoms with Gasteiger partial charge in [0.1, 0.15) is 0 Å². The Kier molecular flexibility index (Phi) is 4.32. The van der Waals surface area contributed by atoms with Gasteiger partial charge in [-0.3, -0.25) is 4.68 Å². The molecule has 1 aliphatic rings. The zero-order valence-corrected chi connectivity index (χ0v) is 13.5. The number of benzene rings is 1. The summed E-state index contributed by atoms with van der Waals surface area (Å²) >= 11 is 9.57. The second kappa shape index (κ2) is 6.19. The third kappa shape index (κ3) is 3.01. The Bertz CT molecular complexity index is 591. The van der Waals surface area contributed by atoms with E-state index in [0.29, 0.717) is 17.6 Å². The lowest BCUT2D eigenvalue weighted by atomic mass is 10.3. The normalized spacial score (nSPS) is 15.7. The summed E-state index contributed by atoms with van der Waals surface area (Å²) in [5, 5.41) is 8.75. The highest BCUT2D eigenvalue weighted by Crippen LogP contribution is 2.31. The van der Waals surface area contributed by atoms with E-state index in [0.717, 1.165) is 15.9 Å². The van der Waals surface area contributed by atoms with Crippen LogP contribution in [0.2, 0.25) is 5.02 Å². The minimum atomic E-state index is 0.599. The second-order valence-electron chi connectivity index (χ2n) is 5.18. The summed E-state index contributed by atoms with van der Waals surface area (Å²) in [6.45, 7) is 0.707. The van der Waals surface area contributed by atoms with Crippen molar-refractivity contribution in [2.45, 2.75) is 38.3 Å². The minimum Gasteiger partial charge on any atom is -0.378 e. The average molecular weight is 355 g/mol. The van der Waals surface area contributed by atoms with Gasteiger partial charge in [0.15, 0.2) is 0 Å². The lowest BCUT2D eigenvalue weighted by Gasteiger charge is -2.10. The summed E-state index contributed by atoms with van der Waals surface area (Å²) < 4.78 is 3.02. The van der Waals surface area contributed by atoms with Crippen molar-refractivity contribution in [1.82, 2.24) is 9.78 Å². The average Bonchev–Trinajstić information content (AvgIpc) is 3.10. The van der Waals surface area contributed by atoms with Gasteiger partial charge in [-0.2, -0.15) is 5.10 Å². The molecule has 0 atom stereocenters. The molecule has 1 heterocycles. The number of nitrogens with zero attached hydrogens (tertiary/aromatic N) is 2. The van der Waals surface area contributed by atoms with Crippen LogP contribution in [0.5, 0.6) is 0 Å². The third-order valence-corrected chi connectivity index (χ3v) is 5.17. The minimum absolute atomic E-state index is 0.599. The molecule has 1 aromatic heterocycles. The first-order chi connectivity index (χ1) is 9.74. The van der Waals surface area contributed by atoms with Crippen molar-refractivity contribution in [2.24, 2.45) is 0 Å². The van der Waals surface area contributed by atoms with Crippen LogP contribution >= 0.6 is 27.5 Å². The maximum absolute atomic E-state index is 6.08. The topological polar surface area (TPSA) is 29.9 Å². The molecule has 0 unspecified atom stereocenters. The molecule has 2 aromatic rings. The lowest BCUT2D eigenvalue weighted by Crippen LogP contribution is -2.07. The fourth-order valence-corrected chi connectivity index (χ4v) is 3.25. The van der Waals surface area contributed by atoms with Crippen molar-refractivity contribution in [2.75, 3.05) is 5.32 Å². The number of hydrogen-bond donors (Lipinski definition) is 1. The van der Waals surface area contributed by atoms with Crippen molar-refractivity contribution in [3.05, 3.63) is 45.7 Å². The fourth-order valence-electron chi connectivity index (χ4n) is 2.67. The van der Waals surface area contributed by atoms with E-state index in [4.69, 9.17) is 11.6 Å². The molecule has 0 radical (unpaired) electrons. The fraction of sp³-hybridized carbons (Fsp3) is 0.400. The van der Waals surface area contributed by atoms with Gasteiger partial charge in [-0.25, -0.2) is 0 Å². The van der Waals surface area contributed by atoms with Crippen LogP contribution in [0.3, 0.4) is 0 Å². The van der Waals surface area contributed by atoms with Crippen LogP contribution in [0.15, 0.2) is 34.9 Å². The van der Waals surface area contributed by atoms with Crippen molar-refractivity contribution >= 4 is 33.2 Å². The zero-order chi connectivity index (χ0) is 13.9. The summed E-state index contributed by atoms with van der Waals surface area (Å²) in [5.74, 6) is 0. The van der Waals surface area contributed by atoms with Crippen LogP contribution < -0.4 is 5.32 Å². The van der Waals surface area contributed by atoms with E-state index in [-0.39, 0.29) is 0 Å². The molecular formula is C15H17BrClN3. The molecular weight excluding hydrogens is 338 g/mol. The first-order valence-corrected chi connectivity index (χ1v) is 8.13. The van der Waals surface area contributed by atoms with Crippen molar-refractivity contribution in [1.29, 1.82) is 0 Å². The highest BCUT2D eigenvalue weighted by molar-refractivity contribution is 9.10. The van der Waals surface area contributed by atoms with Gasteiger partial charge in [-0.15, -0.1) is 0 Å². The number of aromatic nitrogens is 2. The molecule has 1 fully saturated rings. The monoisotopic (exact) mass is 353 g/mol. The van der Waals surface area contributed by atoms with Crippen LogP contribution in [0.25, 0.3) is 0 Å². The molecule has 3 nitrogen and oxygen atoms in total. The molecule has 1 aromatic carbocycles. The molecule has 1 saturated carbocycles. The molecule has 106 valence electrons. The Morgan fingerprint density at radius 2 is 2.10 bits per heavy atom. The molecule has 1 N–H and O–H groups in total. The smallest absolute Gasteiger partial charge is 0.0815 e. The van der Waals surface area contributed by atoms with Crippen LogP contribution in [0.1, 0.15) is 37.4 Å². The van der Waals surface area contributed by atoms with Crippen LogP contribution in [0.4, 0.5) is 5.69 Å². The van der Waals surface area contributed by atoms with Gasteiger partial charge < -0.3 is 5.32 Å².